The van der Waals surface area contributed by atoms with Crippen LogP contribution in [0.1, 0.15) is 38.5 Å². The third-order valence-electron chi connectivity index (χ3n) is 4.46. The molecule has 3 heteroatoms. The Morgan fingerprint density at radius 3 is 2.47 bits per heavy atom. The molecule has 2 aliphatic rings. The predicted molar refractivity (Wildman–Crippen MR) is 73.1 cm³/mol. The molecule has 1 heterocycles. The molecule has 0 bridgehead atoms. The van der Waals surface area contributed by atoms with Gasteiger partial charge in [0.25, 0.3) is 0 Å². The first-order valence-electron chi connectivity index (χ1n) is 7.29. The van der Waals surface area contributed by atoms with Gasteiger partial charge < -0.3 is 10.6 Å². The number of rotatable bonds is 4. The molecule has 0 aromatic rings. The Morgan fingerprint density at radius 1 is 1.12 bits per heavy atom. The molecular formula is C14H29N3. The van der Waals surface area contributed by atoms with Gasteiger partial charge in [0.2, 0.25) is 0 Å². The van der Waals surface area contributed by atoms with E-state index in [1.165, 1.54) is 58.2 Å². The molecule has 2 N–H and O–H groups in total. The minimum absolute atomic E-state index is 0.488. The summed E-state index contributed by atoms with van der Waals surface area (Å²) in [6, 6.07) is 1.29. The highest BCUT2D eigenvalue weighted by Crippen LogP contribution is 2.27. The van der Waals surface area contributed by atoms with Gasteiger partial charge in [-0.15, -0.1) is 0 Å². The van der Waals surface area contributed by atoms with Gasteiger partial charge in [-0.1, -0.05) is 0 Å². The quantitative estimate of drug-likeness (QED) is 0.807. The van der Waals surface area contributed by atoms with Crippen LogP contribution in [0.3, 0.4) is 0 Å². The van der Waals surface area contributed by atoms with Gasteiger partial charge in [0.15, 0.2) is 0 Å². The highest BCUT2D eigenvalue weighted by Gasteiger charge is 2.28. The summed E-state index contributed by atoms with van der Waals surface area (Å²) < 4.78 is 0. The summed E-state index contributed by atoms with van der Waals surface area (Å²) in [6.45, 7) is 3.87. The maximum Gasteiger partial charge on any atom is 0.0223 e. The zero-order valence-electron chi connectivity index (χ0n) is 11.6. The molecule has 1 unspecified atom stereocenters. The predicted octanol–water partition coefficient (Wildman–Crippen LogP) is 1.53. The molecule has 3 nitrogen and oxygen atoms in total. The van der Waals surface area contributed by atoms with Crippen LogP contribution in [0.4, 0.5) is 0 Å². The van der Waals surface area contributed by atoms with Crippen LogP contribution >= 0.6 is 0 Å². The van der Waals surface area contributed by atoms with Crippen LogP contribution in [0.5, 0.6) is 0 Å². The maximum absolute atomic E-state index is 5.98. The SMILES string of the molecule is CN(C)CC1CCCN1CC1CCC(N)CC1. The minimum Gasteiger partial charge on any atom is -0.328 e. The lowest BCUT2D eigenvalue weighted by Gasteiger charge is -2.33. The molecule has 100 valence electrons. The van der Waals surface area contributed by atoms with Gasteiger partial charge in [-0.3, -0.25) is 4.90 Å². The molecule has 0 amide bonds. The van der Waals surface area contributed by atoms with E-state index in [-0.39, 0.29) is 0 Å². The molecule has 1 aliphatic heterocycles. The molecule has 1 saturated carbocycles. The van der Waals surface area contributed by atoms with Gasteiger partial charge in [-0.25, -0.2) is 0 Å². The molecule has 2 rings (SSSR count). The van der Waals surface area contributed by atoms with Gasteiger partial charge in [-0.05, 0) is 65.1 Å². The molecule has 1 atom stereocenters. The number of likely N-dealkylation sites (tertiary alicyclic amines) is 1. The smallest absolute Gasteiger partial charge is 0.0223 e. The summed E-state index contributed by atoms with van der Waals surface area (Å²) in [4.78, 5) is 5.07. The molecular weight excluding hydrogens is 210 g/mol. The number of nitrogens with two attached hydrogens (primary N) is 1. The van der Waals surface area contributed by atoms with E-state index in [1.807, 2.05) is 0 Å². The molecule has 0 aromatic carbocycles. The van der Waals surface area contributed by atoms with Crippen molar-refractivity contribution in [3.05, 3.63) is 0 Å². The first kappa shape index (κ1) is 13.3. The summed E-state index contributed by atoms with van der Waals surface area (Å²) >= 11 is 0. The van der Waals surface area contributed by atoms with Crippen LogP contribution < -0.4 is 5.73 Å². The molecule has 1 aliphatic carbocycles. The highest BCUT2D eigenvalue weighted by atomic mass is 15.2. The summed E-state index contributed by atoms with van der Waals surface area (Å²) in [5.74, 6) is 0.914. The molecule has 2 fully saturated rings. The van der Waals surface area contributed by atoms with Crippen LogP contribution in [0, 0.1) is 5.92 Å². The van der Waals surface area contributed by atoms with E-state index >= 15 is 0 Å². The molecule has 0 aromatic heterocycles. The zero-order chi connectivity index (χ0) is 12.3. The molecule has 0 spiro atoms. The minimum atomic E-state index is 0.488. The maximum atomic E-state index is 5.98. The van der Waals surface area contributed by atoms with Crippen molar-refractivity contribution in [2.24, 2.45) is 11.7 Å². The number of likely N-dealkylation sites (N-methyl/N-ethyl adjacent to an activating group) is 1. The fraction of sp³-hybridized carbons (Fsp3) is 1.00. The lowest BCUT2D eigenvalue weighted by Crippen LogP contribution is -2.41. The van der Waals surface area contributed by atoms with Crippen LogP contribution in [0.15, 0.2) is 0 Å². The second-order valence-electron chi connectivity index (χ2n) is 6.33. The first-order valence-corrected chi connectivity index (χ1v) is 7.29. The zero-order valence-corrected chi connectivity index (χ0v) is 11.6. The van der Waals surface area contributed by atoms with E-state index in [9.17, 15) is 0 Å². The molecule has 0 radical (unpaired) electrons. The van der Waals surface area contributed by atoms with E-state index < -0.39 is 0 Å². The van der Waals surface area contributed by atoms with E-state index in [0.717, 1.165) is 12.0 Å². The normalized spacial score (nSPS) is 35.6. The average Bonchev–Trinajstić information content (AvgIpc) is 2.68. The van der Waals surface area contributed by atoms with Crippen molar-refractivity contribution >= 4 is 0 Å². The summed E-state index contributed by atoms with van der Waals surface area (Å²) in [5.41, 5.74) is 5.98. The lowest BCUT2D eigenvalue weighted by atomic mass is 9.86. The van der Waals surface area contributed by atoms with E-state index in [4.69, 9.17) is 5.73 Å². The fourth-order valence-corrected chi connectivity index (χ4v) is 3.47. The standard InChI is InChI=1S/C14H29N3/c1-16(2)11-14-4-3-9-17(14)10-12-5-7-13(15)8-6-12/h12-14H,3-11,15H2,1-2H3. The van der Waals surface area contributed by atoms with Gasteiger partial charge in [0, 0.05) is 25.2 Å². The number of nitrogens with zero attached hydrogens (tertiary/aromatic N) is 2. The number of hydrogen-bond acceptors (Lipinski definition) is 3. The second-order valence-corrected chi connectivity index (χ2v) is 6.33. The van der Waals surface area contributed by atoms with Crippen molar-refractivity contribution in [3.8, 4) is 0 Å². The molecule has 1 saturated heterocycles. The second kappa shape index (κ2) is 6.17. The van der Waals surface area contributed by atoms with E-state index in [1.54, 1.807) is 0 Å². The third-order valence-corrected chi connectivity index (χ3v) is 4.46. The van der Waals surface area contributed by atoms with Crippen molar-refractivity contribution in [2.45, 2.75) is 50.6 Å². The first-order chi connectivity index (χ1) is 8.15. The Kier molecular flexibility index (Phi) is 4.83. The van der Waals surface area contributed by atoms with Crippen LogP contribution in [-0.2, 0) is 0 Å². The van der Waals surface area contributed by atoms with Crippen molar-refractivity contribution in [1.82, 2.24) is 9.80 Å². The van der Waals surface area contributed by atoms with Gasteiger partial charge in [0.1, 0.15) is 0 Å². The largest absolute Gasteiger partial charge is 0.328 e. The van der Waals surface area contributed by atoms with Crippen molar-refractivity contribution in [2.75, 3.05) is 33.7 Å². The summed E-state index contributed by atoms with van der Waals surface area (Å²) in [7, 11) is 4.38. The Hall–Kier alpha value is -0.120. The van der Waals surface area contributed by atoms with E-state index in [0.29, 0.717) is 6.04 Å². The Balaban J connectivity index is 1.77. The lowest BCUT2D eigenvalue weighted by molar-refractivity contribution is 0.160. The van der Waals surface area contributed by atoms with Crippen molar-refractivity contribution < 1.29 is 0 Å². The molecule has 17 heavy (non-hydrogen) atoms. The van der Waals surface area contributed by atoms with Gasteiger partial charge >= 0.3 is 0 Å². The van der Waals surface area contributed by atoms with Gasteiger partial charge in [-0.2, -0.15) is 0 Å². The Morgan fingerprint density at radius 2 is 1.82 bits per heavy atom. The Labute approximate surface area is 106 Å². The number of hydrogen-bond donors (Lipinski definition) is 1. The van der Waals surface area contributed by atoms with Crippen molar-refractivity contribution in [3.63, 3.8) is 0 Å². The average molecular weight is 239 g/mol. The topological polar surface area (TPSA) is 32.5 Å². The summed E-state index contributed by atoms with van der Waals surface area (Å²) in [5, 5.41) is 0. The Bertz CT molecular complexity index is 222. The van der Waals surface area contributed by atoms with Crippen LogP contribution in [0.25, 0.3) is 0 Å². The summed E-state index contributed by atoms with van der Waals surface area (Å²) in [6.07, 6.45) is 7.99. The highest BCUT2D eigenvalue weighted by molar-refractivity contribution is 4.84. The fourth-order valence-electron chi connectivity index (χ4n) is 3.47. The van der Waals surface area contributed by atoms with E-state index in [2.05, 4.69) is 23.9 Å². The van der Waals surface area contributed by atoms with Crippen LogP contribution in [-0.4, -0.2) is 55.6 Å². The van der Waals surface area contributed by atoms with Crippen molar-refractivity contribution in [1.29, 1.82) is 0 Å². The monoisotopic (exact) mass is 239 g/mol. The van der Waals surface area contributed by atoms with Gasteiger partial charge in [0.05, 0.1) is 0 Å². The third kappa shape index (κ3) is 3.94. The van der Waals surface area contributed by atoms with Crippen LogP contribution in [0.2, 0.25) is 0 Å².